The Morgan fingerprint density at radius 2 is 1.90 bits per heavy atom. The van der Waals surface area contributed by atoms with E-state index in [2.05, 4.69) is 17.2 Å². The molecule has 0 saturated heterocycles. The average Bonchev–Trinajstić information content (AvgIpc) is 2.93. The molecular formula is C17H16N2OS. The normalized spacial score (nSPS) is 10.7. The van der Waals surface area contributed by atoms with Crippen LogP contribution in [0.1, 0.15) is 17.4 Å². The number of nitrogens with one attached hydrogen (secondary N) is 2. The van der Waals surface area contributed by atoms with E-state index in [9.17, 15) is 4.79 Å². The molecule has 1 heterocycles. The lowest BCUT2D eigenvalue weighted by atomic mass is 10.2. The summed E-state index contributed by atoms with van der Waals surface area (Å²) < 4.78 is 0. The molecule has 0 aliphatic carbocycles. The van der Waals surface area contributed by atoms with Crippen LogP contribution in [0.3, 0.4) is 0 Å². The highest BCUT2D eigenvalue weighted by Crippen LogP contribution is 2.27. The number of benzene rings is 2. The lowest BCUT2D eigenvalue weighted by molar-refractivity contribution is 0.102. The Hall–Kier alpha value is -2.20. The molecule has 0 unspecified atom stereocenters. The average molecular weight is 296 g/mol. The molecule has 3 aromatic rings. The predicted molar refractivity (Wildman–Crippen MR) is 89.1 cm³/mol. The van der Waals surface area contributed by atoms with Crippen molar-refractivity contribution in [3.05, 3.63) is 60.3 Å². The summed E-state index contributed by atoms with van der Waals surface area (Å²) in [5, 5.41) is 4.02. The minimum Gasteiger partial charge on any atom is -0.351 e. The van der Waals surface area contributed by atoms with E-state index in [1.54, 1.807) is 11.8 Å². The molecule has 0 aliphatic heterocycles. The Balaban J connectivity index is 1.86. The van der Waals surface area contributed by atoms with Gasteiger partial charge in [0, 0.05) is 15.8 Å². The highest BCUT2D eigenvalue weighted by molar-refractivity contribution is 7.99. The number of thioether (sulfide) groups is 1. The maximum absolute atomic E-state index is 12.4. The first-order valence-electron chi connectivity index (χ1n) is 6.89. The number of hydrogen-bond donors (Lipinski definition) is 2. The SMILES string of the molecule is CCSc1ccccc1NC(=O)c1cc2ccccc2[nH]1. The van der Waals surface area contributed by atoms with Crippen LogP contribution in [-0.4, -0.2) is 16.6 Å². The van der Waals surface area contributed by atoms with Gasteiger partial charge in [-0.1, -0.05) is 37.3 Å². The van der Waals surface area contributed by atoms with Crippen molar-refractivity contribution < 1.29 is 4.79 Å². The van der Waals surface area contributed by atoms with E-state index >= 15 is 0 Å². The highest BCUT2D eigenvalue weighted by atomic mass is 32.2. The van der Waals surface area contributed by atoms with Gasteiger partial charge in [0.2, 0.25) is 0 Å². The topological polar surface area (TPSA) is 44.9 Å². The Morgan fingerprint density at radius 1 is 1.14 bits per heavy atom. The number of anilines is 1. The summed E-state index contributed by atoms with van der Waals surface area (Å²) in [5.74, 6) is 0.856. The molecule has 21 heavy (non-hydrogen) atoms. The molecule has 0 aliphatic rings. The zero-order chi connectivity index (χ0) is 14.7. The molecule has 0 radical (unpaired) electrons. The van der Waals surface area contributed by atoms with Gasteiger partial charge < -0.3 is 10.3 Å². The Morgan fingerprint density at radius 3 is 2.71 bits per heavy atom. The predicted octanol–water partition coefficient (Wildman–Crippen LogP) is 4.53. The number of carbonyl (C=O) groups excluding carboxylic acids is 1. The fraction of sp³-hybridized carbons (Fsp3) is 0.118. The molecule has 0 bridgehead atoms. The second-order valence-corrected chi connectivity index (χ2v) is 5.96. The van der Waals surface area contributed by atoms with E-state index in [0.717, 1.165) is 27.2 Å². The summed E-state index contributed by atoms with van der Waals surface area (Å²) in [6.07, 6.45) is 0. The van der Waals surface area contributed by atoms with Gasteiger partial charge in [-0.2, -0.15) is 0 Å². The van der Waals surface area contributed by atoms with Crippen molar-refractivity contribution in [1.82, 2.24) is 4.98 Å². The van der Waals surface area contributed by atoms with E-state index < -0.39 is 0 Å². The number of para-hydroxylation sites is 2. The van der Waals surface area contributed by atoms with E-state index in [0.29, 0.717) is 5.69 Å². The van der Waals surface area contributed by atoms with Crippen LogP contribution < -0.4 is 5.32 Å². The summed E-state index contributed by atoms with van der Waals surface area (Å²) in [5.41, 5.74) is 2.40. The largest absolute Gasteiger partial charge is 0.351 e. The number of aromatic nitrogens is 1. The van der Waals surface area contributed by atoms with Gasteiger partial charge in [-0.3, -0.25) is 4.79 Å². The van der Waals surface area contributed by atoms with Gasteiger partial charge in [0.1, 0.15) is 5.69 Å². The molecule has 1 amide bonds. The smallest absolute Gasteiger partial charge is 0.272 e. The molecule has 0 fully saturated rings. The fourth-order valence-electron chi connectivity index (χ4n) is 2.24. The molecule has 2 aromatic carbocycles. The van der Waals surface area contributed by atoms with Crippen molar-refractivity contribution in [1.29, 1.82) is 0 Å². The molecule has 3 rings (SSSR count). The Labute approximate surface area is 127 Å². The molecule has 106 valence electrons. The van der Waals surface area contributed by atoms with Crippen LogP contribution in [0.25, 0.3) is 10.9 Å². The van der Waals surface area contributed by atoms with Gasteiger partial charge in [0.05, 0.1) is 5.69 Å². The van der Waals surface area contributed by atoms with Crippen molar-refractivity contribution in [2.75, 3.05) is 11.1 Å². The van der Waals surface area contributed by atoms with E-state index in [-0.39, 0.29) is 5.91 Å². The van der Waals surface area contributed by atoms with Crippen LogP contribution >= 0.6 is 11.8 Å². The Kier molecular flexibility index (Phi) is 3.97. The van der Waals surface area contributed by atoms with Crippen molar-refractivity contribution in [3.63, 3.8) is 0 Å². The minimum atomic E-state index is -0.115. The van der Waals surface area contributed by atoms with Crippen molar-refractivity contribution in [2.24, 2.45) is 0 Å². The molecule has 0 spiro atoms. The minimum absolute atomic E-state index is 0.115. The third-order valence-corrected chi connectivity index (χ3v) is 4.17. The number of carbonyl (C=O) groups is 1. The first-order valence-corrected chi connectivity index (χ1v) is 7.87. The van der Waals surface area contributed by atoms with Crippen LogP contribution in [-0.2, 0) is 0 Å². The highest BCUT2D eigenvalue weighted by Gasteiger charge is 2.11. The first kappa shape index (κ1) is 13.8. The standard InChI is InChI=1S/C17H16N2OS/c1-2-21-16-10-6-5-9-14(16)19-17(20)15-11-12-7-3-4-8-13(12)18-15/h3-11,18H,2H2,1H3,(H,19,20). The van der Waals surface area contributed by atoms with Crippen LogP contribution in [0, 0.1) is 0 Å². The monoisotopic (exact) mass is 296 g/mol. The number of hydrogen-bond acceptors (Lipinski definition) is 2. The van der Waals surface area contributed by atoms with E-state index in [4.69, 9.17) is 0 Å². The zero-order valence-corrected chi connectivity index (χ0v) is 12.5. The molecule has 3 nitrogen and oxygen atoms in total. The maximum atomic E-state index is 12.4. The van der Waals surface area contributed by atoms with Gasteiger partial charge in [-0.25, -0.2) is 0 Å². The third-order valence-electron chi connectivity index (χ3n) is 3.21. The number of amides is 1. The molecule has 0 saturated carbocycles. The summed E-state index contributed by atoms with van der Waals surface area (Å²) in [7, 11) is 0. The second kappa shape index (κ2) is 6.06. The van der Waals surface area contributed by atoms with Gasteiger partial charge in [-0.05, 0) is 30.0 Å². The zero-order valence-electron chi connectivity index (χ0n) is 11.7. The summed E-state index contributed by atoms with van der Waals surface area (Å²) >= 11 is 1.72. The Bertz CT molecular complexity index is 746. The van der Waals surface area contributed by atoms with Gasteiger partial charge in [0.15, 0.2) is 0 Å². The van der Waals surface area contributed by atoms with E-state index in [1.165, 1.54) is 0 Å². The van der Waals surface area contributed by atoms with Crippen molar-refractivity contribution >= 4 is 34.3 Å². The molecule has 2 N–H and O–H groups in total. The van der Waals surface area contributed by atoms with Gasteiger partial charge >= 0.3 is 0 Å². The van der Waals surface area contributed by atoms with Gasteiger partial charge in [0.25, 0.3) is 5.91 Å². The van der Waals surface area contributed by atoms with Crippen LogP contribution in [0.15, 0.2) is 59.5 Å². The lowest BCUT2D eigenvalue weighted by Gasteiger charge is -2.09. The number of rotatable bonds is 4. The van der Waals surface area contributed by atoms with Crippen LogP contribution in [0.4, 0.5) is 5.69 Å². The second-order valence-electron chi connectivity index (χ2n) is 4.65. The third kappa shape index (κ3) is 2.95. The lowest BCUT2D eigenvalue weighted by Crippen LogP contribution is -2.12. The number of H-pyrrole nitrogens is 1. The summed E-state index contributed by atoms with van der Waals surface area (Å²) in [4.78, 5) is 16.6. The van der Waals surface area contributed by atoms with Crippen molar-refractivity contribution in [2.45, 2.75) is 11.8 Å². The number of fused-ring (bicyclic) bond motifs is 1. The van der Waals surface area contributed by atoms with Crippen molar-refractivity contribution in [3.8, 4) is 0 Å². The molecule has 1 aromatic heterocycles. The summed E-state index contributed by atoms with van der Waals surface area (Å²) in [6.45, 7) is 2.10. The van der Waals surface area contributed by atoms with Crippen LogP contribution in [0.2, 0.25) is 0 Å². The van der Waals surface area contributed by atoms with Crippen LogP contribution in [0.5, 0.6) is 0 Å². The van der Waals surface area contributed by atoms with Gasteiger partial charge in [-0.15, -0.1) is 11.8 Å². The fourth-order valence-corrected chi connectivity index (χ4v) is 3.00. The number of aromatic amines is 1. The molecular weight excluding hydrogens is 280 g/mol. The van der Waals surface area contributed by atoms with E-state index in [1.807, 2.05) is 54.6 Å². The molecule has 0 atom stereocenters. The first-order chi connectivity index (χ1) is 10.3. The summed E-state index contributed by atoms with van der Waals surface area (Å²) in [6, 6.07) is 17.6. The maximum Gasteiger partial charge on any atom is 0.272 e. The quantitative estimate of drug-likeness (QED) is 0.695. The molecule has 4 heteroatoms.